The number of anilines is 1. The molecule has 2 fully saturated rings. The van der Waals surface area contributed by atoms with E-state index in [0.717, 1.165) is 20.4 Å². The van der Waals surface area contributed by atoms with Crippen molar-refractivity contribution in [1.82, 2.24) is 14.7 Å². The van der Waals surface area contributed by atoms with Crippen molar-refractivity contribution in [2.75, 3.05) is 44.3 Å². The molecule has 2 saturated heterocycles. The third-order valence-electron chi connectivity index (χ3n) is 5.20. The fourth-order valence-corrected chi connectivity index (χ4v) is 4.25. The van der Waals surface area contributed by atoms with Crippen molar-refractivity contribution in [3.63, 3.8) is 0 Å². The van der Waals surface area contributed by atoms with Crippen LogP contribution in [0.4, 0.5) is 14.9 Å². The topological polar surface area (TPSA) is 64.2 Å². The number of halogens is 1. The number of carbonyl (C=O) groups is 3. The van der Waals surface area contributed by atoms with Gasteiger partial charge in [0.15, 0.2) is 0 Å². The molecule has 0 radical (unpaired) electrons. The molecule has 9 heteroatoms. The molecule has 0 N–H and O–H groups in total. The molecular weight excluding hydrogens is 395 g/mol. The fourth-order valence-electron chi connectivity index (χ4n) is 3.55. The number of carbonyl (C=O) groups excluding carboxylic acids is 3. The Bertz CT molecular complexity index is 895. The van der Waals surface area contributed by atoms with Crippen molar-refractivity contribution < 1.29 is 18.8 Å². The van der Waals surface area contributed by atoms with Gasteiger partial charge >= 0.3 is 17.8 Å². The summed E-state index contributed by atoms with van der Waals surface area (Å²) in [7, 11) is 0. The first-order valence-corrected chi connectivity index (χ1v) is 10.3. The van der Waals surface area contributed by atoms with Crippen LogP contribution in [0.15, 0.2) is 41.8 Å². The smallest absolute Gasteiger partial charge is 0.335 e. The van der Waals surface area contributed by atoms with Gasteiger partial charge in [-0.15, -0.1) is 11.3 Å². The summed E-state index contributed by atoms with van der Waals surface area (Å²) in [5.41, 5.74) is 0.939. The Morgan fingerprint density at radius 2 is 1.59 bits per heavy atom. The van der Waals surface area contributed by atoms with Gasteiger partial charge in [-0.25, -0.2) is 14.1 Å². The van der Waals surface area contributed by atoms with Gasteiger partial charge < -0.3 is 4.90 Å². The lowest BCUT2D eigenvalue weighted by Crippen LogP contribution is -2.51. The molecule has 0 saturated carbocycles. The summed E-state index contributed by atoms with van der Waals surface area (Å²) in [6, 6.07) is 9.65. The minimum absolute atomic E-state index is 0.107. The molecule has 0 unspecified atom stereocenters. The fraction of sp³-hybridized carbons (Fsp3) is 0.350. The van der Waals surface area contributed by atoms with Crippen LogP contribution in [-0.2, 0) is 16.0 Å². The number of benzene rings is 1. The van der Waals surface area contributed by atoms with Crippen molar-refractivity contribution in [1.29, 1.82) is 0 Å². The van der Waals surface area contributed by atoms with Crippen LogP contribution in [0.5, 0.6) is 0 Å². The first-order chi connectivity index (χ1) is 14.0. The number of amides is 4. The van der Waals surface area contributed by atoms with Crippen LogP contribution in [0, 0.1) is 5.82 Å². The average Bonchev–Trinajstić information content (AvgIpc) is 3.32. The zero-order valence-corrected chi connectivity index (χ0v) is 16.6. The normalized spacial score (nSPS) is 18.2. The molecule has 0 bridgehead atoms. The van der Waals surface area contributed by atoms with Crippen LogP contribution in [0.1, 0.15) is 4.88 Å². The number of thiophene rings is 1. The molecule has 3 heterocycles. The average molecular weight is 416 g/mol. The van der Waals surface area contributed by atoms with E-state index in [1.54, 1.807) is 23.5 Å². The molecule has 2 aliphatic heterocycles. The SMILES string of the molecule is O=C1C(=O)N(CN2CCN(c3ccc(F)cc3)CC2)C(=O)N1CCc1cccs1. The molecule has 0 aliphatic carbocycles. The van der Waals surface area contributed by atoms with Crippen molar-refractivity contribution in [2.45, 2.75) is 6.42 Å². The highest BCUT2D eigenvalue weighted by Crippen LogP contribution is 2.19. The summed E-state index contributed by atoms with van der Waals surface area (Å²) in [5, 5.41) is 1.94. The standard InChI is InChI=1S/C20H21FN4O3S/c21-15-3-5-16(6-4-15)23-11-9-22(10-12-23)14-25-19(27)18(26)24(20(25)28)8-7-17-2-1-13-29-17/h1-6,13H,7-12,14H2. The largest absolute Gasteiger partial charge is 0.369 e. The van der Waals surface area contributed by atoms with E-state index in [9.17, 15) is 18.8 Å². The second kappa shape index (κ2) is 8.30. The van der Waals surface area contributed by atoms with E-state index in [1.807, 2.05) is 22.4 Å². The van der Waals surface area contributed by atoms with Gasteiger partial charge in [-0.1, -0.05) is 6.07 Å². The molecule has 2 aliphatic rings. The first-order valence-electron chi connectivity index (χ1n) is 9.45. The lowest BCUT2D eigenvalue weighted by Gasteiger charge is -2.37. The summed E-state index contributed by atoms with van der Waals surface area (Å²) < 4.78 is 13.1. The van der Waals surface area contributed by atoms with Crippen LogP contribution in [-0.4, -0.2) is 71.9 Å². The highest BCUT2D eigenvalue weighted by atomic mass is 32.1. The summed E-state index contributed by atoms with van der Waals surface area (Å²) >= 11 is 1.56. The predicted molar refractivity (Wildman–Crippen MR) is 107 cm³/mol. The molecule has 4 amide bonds. The summed E-state index contributed by atoms with van der Waals surface area (Å²) in [5.74, 6) is -1.79. The third kappa shape index (κ3) is 4.15. The molecule has 29 heavy (non-hydrogen) atoms. The number of hydrogen-bond acceptors (Lipinski definition) is 6. The van der Waals surface area contributed by atoms with Crippen molar-refractivity contribution in [3.8, 4) is 0 Å². The van der Waals surface area contributed by atoms with E-state index >= 15 is 0 Å². The Hall–Kier alpha value is -2.78. The van der Waals surface area contributed by atoms with Crippen molar-refractivity contribution in [3.05, 3.63) is 52.5 Å². The molecule has 2 aromatic rings. The van der Waals surface area contributed by atoms with Gasteiger partial charge in [-0.2, -0.15) is 0 Å². The zero-order chi connectivity index (χ0) is 20.4. The van der Waals surface area contributed by atoms with Crippen LogP contribution in [0.2, 0.25) is 0 Å². The Morgan fingerprint density at radius 1 is 0.897 bits per heavy atom. The molecule has 4 rings (SSSR count). The maximum atomic E-state index is 13.1. The predicted octanol–water partition coefficient (Wildman–Crippen LogP) is 2.00. The Morgan fingerprint density at radius 3 is 2.24 bits per heavy atom. The number of nitrogens with zero attached hydrogens (tertiary/aromatic N) is 4. The van der Waals surface area contributed by atoms with Crippen LogP contribution in [0.3, 0.4) is 0 Å². The summed E-state index contributed by atoms with van der Waals surface area (Å²) in [6.07, 6.45) is 0.548. The second-order valence-electron chi connectivity index (χ2n) is 7.02. The van der Waals surface area contributed by atoms with Gasteiger partial charge in [0.25, 0.3) is 0 Å². The molecule has 0 spiro atoms. The zero-order valence-electron chi connectivity index (χ0n) is 15.8. The second-order valence-corrected chi connectivity index (χ2v) is 8.06. The molecule has 152 valence electrons. The van der Waals surface area contributed by atoms with E-state index < -0.39 is 17.8 Å². The van der Waals surface area contributed by atoms with Gasteiger partial charge in [0, 0.05) is 49.7 Å². The third-order valence-corrected chi connectivity index (χ3v) is 6.14. The Kier molecular flexibility index (Phi) is 5.59. The van der Waals surface area contributed by atoms with Gasteiger partial charge in [0.1, 0.15) is 5.82 Å². The first kappa shape index (κ1) is 19.5. The lowest BCUT2D eigenvalue weighted by molar-refractivity contribution is -0.143. The van der Waals surface area contributed by atoms with Crippen molar-refractivity contribution >= 4 is 34.9 Å². The molecule has 1 aromatic heterocycles. The molecule has 7 nitrogen and oxygen atoms in total. The van der Waals surface area contributed by atoms with Crippen LogP contribution >= 0.6 is 11.3 Å². The maximum Gasteiger partial charge on any atom is 0.335 e. The number of urea groups is 1. The van der Waals surface area contributed by atoms with Crippen LogP contribution < -0.4 is 4.90 Å². The number of hydrogen-bond donors (Lipinski definition) is 0. The monoisotopic (exact) mass is 416 g/mol. The van der Waals surface area contributed by atoms with Gasteiger partial charge in [0.2, 0.25) is 0 Å². The van der Waals surface area contributed by atoms with E-state index in [2.05, 4.69) is 4.90 Å². The highest BCUT2D eigenvalue weighted by molar-refractivity contribution is 7.09. The number of piperazine rings is 1. The quantitative estimate of drug-likeness (QED) is 0.532. The number of imide groups is 2. The molecular formula is C20H21FN4O3S. The van der Waals surface area contributed by atoms with E-state index in [-0.39, 0.29) is 19.0 Å². The minimum atomic E-state index is -0.762. The van der Waals surface area contributed by atoms with Gasteiger partial charge in [-0.3, -0.25) is 19.4 Å². The van der Waals surface area contributed by atoms with E-state index in [0.29, 0.717) is 32.6 Å². The van der Waals surface area contributed by atoms with E-state index in [4.69, 9.17) is 0 Å². The van der Waals surface area contributed by atoms with Crippen molar-refractivity contribution in [2.24, 2.45) is 0 Å². The summed E-state index contributed by atoms with van der Waals surface area (Å²) in [4.78, 5) is 44.4. The Balaban J connectivity index is 1.32. The van der Waals surface area contributed by atoms with E-state index in [1.165, 1.54) is 12.1 Å². The molecule has 1 aromatic carbocycles. The van der Waals surface area contributed by atoms with Gasteiger partial charge in [0.05, 0.1) is 6.67 Å². The number of rotatable bonds is 6. The lowest BCUT2D eigenvalue weighted by atomic mass is 10.2. The van der Waals surface area contributed by atoms with Gasteiger partial charge in [-0.05, 0) is 35.7 Å². The minimum Gasteiger partial charge on any atom is -0.369 e. The maximum absolute atomic E-state index is 13.1. The molecule has 0 atom stereocenters. The van der Waals surface area contributed by atoms with Crippen LogP contribution in [0.25, 0.3) is 0 Å². The Labute approximate surface area is 171 Å². The summed E-state index contributed by atoms with van der Waals surface area (Å²) in [6.45, 7) is 2.97. The highest BCUT2D eigenvalue weighted by Gasteiger charge is 2.44.